The minimum atomic E-state index is -0.432. The van der Waals surface area contributed by atoms with Gasteiger partial charge in [0.25, 0.3) is 0 Å². The Hall–Kier alpha value is -1.84. The lowest BCUT2D eigenvalue weighted by molar-refractivity contribution is -0.139. The summed E-state index contributed by atoms with van der Waals surface area (Å²) in [5.41, 5.74) is 6.90. The number of para-hydroxylation sites is 1. The fraction of sp³-hybridized carbons (Fsp3) is 0.200. The van der Waals surface area contributed by atoms with E-state index in [0.29, 0.717) is 11.3 Å². The standard InChI is InChI=1S/C10H12N2O2/c1-14-10(13)6-9(12)7-4-2-3-5-8(7)11/h2-5,12H,6,11H2,1H3. The first-order chi connectivity index (χ1) is 6.65. The van der Waals surface area contributed by atoms with Gasteiger partial charge in [0.15, 0.2) is 0 Å². The molecule has 0 heterocycles. The molecule has 1 aromatic rings. The third kappa shape index (κ3) is 2.32. The number of anilines is 1. The molecule has 1 rings (SSSR count). The Morgan fingerprint density at radius 3 is 2.71 bits per heavy atom. The SMILES string of the molecule is COC(=O)CC(=N)c1ccccc1N. The molecule has 0 spiro atoms. The van der Waals surface area contributed by atoms with E-state index in [1.54, 1.807) is 24.3 Å². The van der Waals surface area contributed by atoms with Crippen molar-refractivity contribution >= 4 is 17.4 Å². The van der Waals surface area contributed by atoms with Gasteiger partial charge in [-0.3, -0.25) is 4.79 Å². The predicted molar refractivity (Wildman–Crippen MR) is 54.3 cm³/mol. The lowest BCUT2D eigenvalue weighted by atomic mass is 10.1. The molecule has 0 amide bonds. The van der Waals surface area contributed by atoms with Crippen molar-refractivity contribution in [1.82, 2.24) is 0 Å². The van der Waals surface area contributed by atoms with Crippen molar-refractivity contribution in [2.24, 2.45) is 0 Å². The highest BCUT2D eigenvalue weighted by Crippen LogP contribution is 2.12. The van der Waals surface area contributed by atoms with Crippen LogP contribution in [0.1, 0.15) is 12.0 Å². The van der Waals surface area contributed by atoms with E-state index in [-0.39, 0.29) is 12.1 Å². The van der Waals surface area contributed by atoms with E-state index in [9.17, 15) is 4.79 Å². The third-order valence-corrected chi connectivity index (χ3v) is 1.83. The first-order valence-corrected chi connectivity index (χ1v) is 4.14. The second kappa shape index (κ2) is 4.41. The fourth-order valence-electron chi connectivity index (χ4n) is 1.08. The normalized spacial score (nSPS) is 9.50. The Morgan fingerprint density at radius 2 is 2.14 bits per heavy atom. The van der Waals surface area contributed by atoms with Crippen molar-refractivity contribution < 1.29 is 9.53 Å². The van der Waals surface area contributed by atoms with Crippen molar-refractivity contribution in [3.63, 3.8) is 0 Å². The molecular formula is C10H12N2O2. The second-order valence-corrected chi connectivity index (χ2v) is 2.82. The largest absolute Gasteiger partial charge is 0.469 e. The number of nitrogen functional groups attached to an aromatic ring is 1. The molecule has 4 heteroatoms. The van der Waals surface area contributed by atoms with Gasteiger partial charge >= 0.3 is 5.97 Å². The van der Waals surface area contributed by atoms with Crippen LogP contribution in [0.2, 0.25) is 0 Å². The molecule has 1 aromatic carbocycles. The molecule has 0 bridgehead atoms. The van der Waals surface area contributed by atoms with Crippen LogP contribution in [0.4, 0.5) is 5.69 Å². The number of hydrogen-bond acceptors (Lipinski definition) is 4. The van der Waals surface area contributed by atoms with Crippen LogP contribution >= 0.6 is 0 Å². The first kappa shape index (κ1) is 10.2. The molecule has 4 nitrogen and oxygen atoms in total. The van der Waals surface area contributed by atoms with Crippen LogP contribution in [0.3, 0.4) is 0 Å². The van der Waals surface area contributed by atoms with Crippen LogP contribution in [0, 0.1) is 5.41 Å². The minimum Gasteiger partial charge on any atom is -0.469 e. The Morgan fingerprint density at radius 1 is 1.50 bits per heavy atom. The Bertz CT molecular complexity index is 361. The number of carbonyl (C=O) groups excluding carboxylic acids is 1. The summed E-state index contributed by atoms with van der Waals surface area (Å²) >= 11 is 0. The maximum absolute atomic E-state index is 10.9. The van der Waals surface area contributed by atoms with Crippen LogP contribution in [-0.4, -0.2) is 18.8 Å². The lowest BCUT2D eigenvalue weighted by Gasteiger charge is -2.05. The van der Waals surface area contributed by atoms with E-state index >= 15 is 0 Å². The number of methoxy groups -OCH3 is 1. The Balaban J connectivity index is 2.80. The van der Waals surface area contributed by atoms with Gasteiger partial charge < -0.3 is 15.9 Å². The summed E-state index contributed by atoms with van der Waals surface area (Å²) in [6.45, 7) is 0. The summed E-state index contributed by atoms with van der Waals surface area (Å²) in [5, 5.41) is 7.62. The number of carbonyl (C=O) groups is 1. The van der Waals surface area contributed by atoms with Gasteiger partial charge in [0, 0.05) is 11.3 Å². The first-order valence-electron chi connectivity index (χ1n) is 4.14. The minimum absolute atomic E-state index is 0.0509. The summed E-state index contributed by atoms with van der Waals surface area (Å²) in [7, 11) is 1.30. The number of hydrogen-bond donors (Lipinski definition) is 2. The van der Waals surface area contributed by atoms with Crippen LogP contribution in [0.25, 0.3) is 0 Å². The van der Waals surface area contributed by atoms with E-state index in [1.807, 2.05) is 0 Å². The summed E-state index contributed by atoms with van der Waals surface area (Å²) in [5.74, 6) is -0.432. The molecule has 0 aliphatic heterocycles. The van der Waals surface area contributed by atoms with Crippen molar-refractivity contribution in [3.8, 4) is 0 Å². The van der Waals surface area contributed by atoms with Crippen molar-refractivity contribution in [2.45, 2.75) is 6.42 Å². The maximum atomic E-state index is 10.9. The van der Waals surface area contributed by atoms with E-state index in [1.165, 1.54) is 7.11 Å². The maximum Gasteiger partial charge on any atom is 0.311 e. The monoisotopic (exact) mass is 192 g/mol. The van der Waals surface area contributed by atoms with Crippen molar-refractivity contribution in [3.05, 3.63) is 29.8 Å². The molecule has 0 unspecified atom stereocenters. The van der Waals surface area contributed by atoms with Crippen molar-refractivity contribution in [1.29, 1.82) is 5.41 Å². The number of benzene rings is 1. The van der Waals surface area contributed by atoms with Gasteiger partial charge in [0.05, 0.1) is 19.2 Å². The number of nitrogens with one attached hydrogen (secondary N) is 1. The van der Waals surface area contributed by atoms with Crippen LogP contribution in [-0.2, 0) is 9.53 Å². The summed E-state index contributed by atoms with van der Waals surface area (Å²) in [6.07, 6.45) is -0.0509. The Labute approximate surface area is 82.2 Å². The van der Waals surface area contributed by atoms with Gasteiger partial charge in [-0.1, -0.05) is 18.2 Å². The predicted octanol–water partition coefficient (Wildman–Crippen LogP) is 1.20. The summed E-state index contributed by atoms with van der Waals surface area (Å²) in [4.78, 5) is 10.9. The summed E-state index contributed by atoms with van der Waals surface area (Å²) < 4.78 is 4.46. The number of ether oxygens (including phenoxy) is 1. The van der Waals surface area contributed by atoms with E-state index in [0.717, 1.165) is 0 Å². The molecule has 0 saturated carbocycles. The van der Waals surface area contributed by atoms with Crippen LogP contribution in [0.5, 0.6) is 0 Å². The molecule has 74 valence electrons. The quantitative estimate of drug-likeness (QED) is 0.429. The number of rotatable bonds is 3. The molecular weight excluding hydrogens is 180 g/mol. The molecule has 0 radical (unpaired) electrons. The highest BCUT2D eigenvalue weighted by Gasteiger charge is 2.09. The molecule has 0 aliphatic rings. The third-order valence-electron chi connectivity index (χ3n) is 1.83. The number of esters is 1. The highest BCUT2D eigenvalue weighted by molar-refractivity contribution is 6.10. The molecule has 0 atom stereocenters. The highest BCUT2D eigenvalue weighted by atomic mass is 16.5. The summed E-state index contributed by atoms with van der Waals surface area (Å²) in [6, 6.07) is 6.96. The van der Waals surface area contributed by atoms with E-state index in [4.69, 9.17) is 11.1 Å². The molecule has 14 heavy (non-hydrogen) atoms. The van der Waals surface area contributed by atoms with Gasteiger partial charge in [-0.05, 0) is 6.07 Å². The van der Waals surface area contributed by atoms with Crippen LogP contribution in [0.15, 0.2) is 24.3 Å². The smallest absolute Gasteiger partial charge is 0.311 e. The zero-order valence-corrected chi connectivity index (χ0v) is 7.91. The zero-order chi connectivity index (χ0) is 10.6. The molecule has 0 saturated heterocycles. The molecule has 0 aliphatic carbocycles. The average molecular weight is 192 g/mol. The topological polar surface area (TPSA) is 76.2 Å². The van der Waals surface area contributed by atoms with Gasteiger partial charge in [0.1, 0.15) is 0 Å². The van der Waals surface area contributed by atoms with Gasteiger partial charge in [0.2, 0.25) is 0 Å². The van der Waals surface area contributed by atoms with Crippen LogP contribution < -0.4 is 5.73 Å². The van der Waals surface area contributed by atoms with Gasteiger partial charge in [-0.15, -0.1) is 0 Å². The second-order valence-electron chi connectivity index (χ2n) is 2.82. The van der Waals surface area contributed by atoms with Crippen molar-refractivity contribution in [2.75, 3.05) is 12.8 Å². The number of nitrogens with two attached hydrogens (primary N) is 1. The zero-order valence-electron chi connectivity index (χ0n) is 7.91. The molecule has 0 fully saturated rings. The van der Waals surface area contributed by atoms with E-state index in [2.05, 4.69) is 4.74 Å². The molecule has 0 aromatic heterocycles. The average Bonchev–Trinajstić information content (AvgIpc) is 2.18. The van der Waals surface area contributed by atoms with Gasteiger partial charge in [-0.2, -0.15) is 0 Å². The fourth-order valence-corrected chi connectivity index (χ4v) is 1.08. The lowest BCUT2D eigenvalue weighted by Crippen LogP contribution is -2.11. The van der Waals surface area contributed by atoms with E-state index < -0.39 is 5.97 Å². The molecule has 3 N–H and O–H groups in total. The Kier molecular flexibility index (Phi) is 3.23. The van der Waals surface area contributed by atoms with Gasteiger partial charge in [-0.25, -0.2) is 0 Å².